The topological polar surface area (TPSA) is 57.6 Å². The van der Waals surface area contributed by atoms with E-state index < -0.39 is 11.9 Å². The molecule has 3 rings (SSSR count). The van der Waals surface area contributed by atoms with Gasteiger partial charge in [0.05, 0.1) is 11.8 Å². The van der Waals surface area contributed by atoms with E-state index in [0.29, 0.717) is 18.9 Å². The van der Waals surface area contributed by atoms with E-state index >= 15 is 0 Å². The third kappa shape index (κ3) is 1.60. The molecule has 2 aliphatic rings. The molecule has 1 saturated carbocycles. The van der Waals surface area contributed by atoms with Crippen molar-refractivity contribution in [1.29, 1.82) is 0 Å². The Morgan fingerprint density at radius 1 is 1.28 bits per heavy atom. The van der Waals surface area contributed by atoms with E-state index in [1.165, 1.54) is 5.56 Å². The Balaban J connectivity index is 1.83. The van der Waals surface area contributed by atoms with Crippen LogP contribution < -0.4 is 4.90 Å². The smallest absolute Gasteiger partial charge is 0.307 e. The van der Waals surface area contributed by atoms with Gasteiger partial charge < -0.3 is 10.0 Å². The molecule has 4 heteroatoms. The van der Waals surface area contributed by atoms with E-state index in [2.05, 4.69) is 6.92 Å². The van der Waals surface area contributed by atoms with Crippen molar-refractivity contribution in [3.63, 3.8) is 0 Å². The predicted octanol–water partition coefficient (Wildman–Crippen LogP) is 1.86. The van der Waals surface area contributed by atoms with Crippen molar-refractivity contribution < 1.29 is 14.7 Å². The van der Waals surface area contributed by atoms with E-state index in [4.69, 9.17) is 5.11 Å². The first-order valence-corrected chi connectivity index (χ1v) is 6.22. The fourth-order valence-electron chi connectivity index (χ4n) is 2.77. The zero-order valence-electron chi connectivity index (χ0n) is 10.2. The van der Waals surface area contributed by atoms with Gasteiger partial charge in [0, 0.05) is 18.2 Å². The maximum atomic E-state index is 12.3. The third-order valence-corrected chi connectivity index (χ3v) is 3.91. The summed E-state index contributed by atoms with van der Waals surface area (Å²) in [6, 6.07) is 7.86. The minimum absolute atomic E-state index is 0.0285. The van der Waals surface area contributed by atoms with Gasteiger partial charge in [-0.1, -0.05) is 25.1 Å². The summed E-state index contributed by atoms with van der Waals surface area (Å²) in [5.74, 6) is -1.35. The molecule has 94 valence electrons. The Morgan fingerprint density at radius 3 is 2.67 bits per heavy atom. The third-order valence-electron chi connectivity index (χ3n) is 3.91. The number of carboxylic acid groups (broad SMARTS) is 1. The standard InChI is InChI=1S/C14H15NO3/c1-8-7-15(12-5-3-2-4-9(8)12)13(16)10-6-11(10)14(17)18/h2-5,8,10-11H,6-7H2,1H3,(H,17,18)/t8-,10-,11-/m1/s1. The van der Waals surface area contributed by atoms with Crippen LogP contribution in [0.5, 0.6) is 0 Å². The molecule has 1 fully saturated rings. The Morgan fingerprint density at radius 2 is 2.00 bits per heavy atom. The van der Waals surface area contributed by atoms with Gasteiger partial charge in [-0.25, -0.2) is 0 Å². The zero-order valence-corrected chi connectivity index (χ0v) is 10.2. The lowest BCUT2D eigenvalue weighted by Crippen LogP contribution is -2.31. The molecular formula is C14H15NO3. The van der Waals surface area contributed by atoms with Crippen LogP contribution in [0.25, 0.3) is 0 Å². The molecule has 1 aliphatic carbocycles. The molecule has 18 heavy (non-hydrogen) atoms. The summed E-state index contributed by atoms with van der Waals surface area (Å²) in [5.41, 5.74) is 2.13. The summed E-state index contributed by atoms with van der Waals surface area (Å²) in [5, 5.41) is 8.89. The quantitative estimate of drug-likeness (QED) is 0.865. The van der Waals surface area contributed by atoms with Crippen molar-refractivity contribution >= 4 is 17.6 Å². The van der Waals surface area contributed by atoms with Crippen LogP contribution in [0.15, 0.2) is 24.3 Å². The molecule has 1 aliphatic heterocycles. The first-order chi connectivity index (χ1) is 8.59. The zero-order chi connectivity index (χ0) is 12.9. The molecule has 0 unspecified atom stereocenters. The van der Waals surface area contributed by atoms with Crippen LogP contribution in [0.2, 0.25) is 0 Å². The first kappa shape index (κ1) is 11.3. The van der Waals surface area contributed by atoms with Crippen LogP contribution in [0.1, 0.15) is 24.8 Å². The van der Waals surface area contributed by atoms with Gasteiger partial charge in [0.25, 0.3) is 0 Å². The lowest BCUT2D eigenvalue weighted by molar-refractivity contribution is -0.140. The highest BCUT2D eigenvalue weighted by Crippen LogP contribution is 2.44. The summed E-state index contributed by atoms with van der Waals surface area (Å²) in [4.78, 5) is 24.9. The second-order valence-electron chi connectivity index (χ2n) is 5.20. The molecule has 1 aromatic rings. The van der Waals surface area contributed by atoms with E-state index in [0.717, 1.165) is 5.69 Å². The maximum Gasteiger partial charge on any atom is 0.307 e. The number of amides is 1. The SMILES string of the molecule is C[C@@H]1CN(C(=O)[C@@H]2C[C@H]2C(=O)O)c2ccccc21. The highest BCUT2D eigenvalue weighted by Gasteiger charge is 2.51. The number of carbonyl (C=O) groups excluding carboxylic acids is 1. The number of aliphatic carboxylic acids is 1. The van der Waals surface area contributed by atoms with E-state index in [1.807, 2.05) is 24.3 Å². The second-order valence-corrected chi connectivity index (χ2v) is 5.20. The molecule has 0 bridgehead atoms. The van der Waals surface area contributed by atoms with E-state index in [-0.39, 0.29) is 11.8 Å². The Hall–Kier alpha value is -1.84. The number of fused-ring (bicyclic) bond motifs is 1. The second kappa shape index (κ2) is 3.83. The van der Waals surface area contributed by atoms with Crippen LogP contribution in [0.4, 0.5) is 5.69 Å². The molecule has 0 saturated heterocycles. The predicted molar refractivity (Wildman–Crippen MR) is 66.4 cm³/mol. The number of rotatable bonds is 2. The average molecular weight is 245 g/mol. The maximum absolute atomic E-state index is 12.3. The number of hydrogen-bond acceptors (Lipinski definition) is 2. The van der Waals surface area contributed by atoms with Crippen LogP contribution >= 0.6 is 0 Å². The first-order valence-electron chi connectivity index (χ1n) is 6.22. The van der Waals surface area contributed by atoms with Crippen LogP contribution in [-0.2, 0) is 9.59 Å². The van der Waals surface area contributed by atoms with Crippen LogP contribution in [-0.4, -0.2) is 23.5 Å². The molecule has 0 spiro atoms. The number of anilines is 1. The van der Waals surface area contributed by atoms with Gasteiger partial charge in [0.15, 0.2) is 0 Å². The monoisotopic (exact) mass is 245 g/mol. The number of benzene rings is 1. The number of hydrogen-bond donors (Lipinski definition) is 1. The fourth-order valence-corrected chi connectivity index (χ4v) is 2.77. The highest BCUT2D eigenvalue weighted by molar-refractivity contribution is 6.01. The van der Waals surface area contributed by atoms with Gasteiger partial charge in [-0.2, -0.15) is 0 Å². The van der Waals surface area contributed by atoms with Gasteiger partial charge in [0.1, 0.15) is 0 Å². The van der Waals surface area contributed by atoms with Crippen molar-refractivity contribution in [2.45, 2.75) is 19.3 Å². The molecule has 3 atom stereocenters. The Labute approximate surface area is 105 Å². The van der Waals surface area contributed by atoms with Crippen molar-refractivity contribution in [3.05, 3.63) is 29.8 Å². The molecule has 1 N–H and O–H groups in total. The molecule has 1 aromatic carbocycles. The van der Waals surface area contributed by atoms with Gasteiger partial charge in [-0.15, -0.1) is 0 Å². The molecule has 1 heterocycles. The Kier molecular flexibility index (Phi) is 2.40. The molecule has 0 radical (unpaired) electrons. The van der Waals surface area contributed by atoms with Crippen LogP contribution in [0, 0.1) is 11.8 Å². The molecular weight excluding hydrogens is 230 g/mol. The van der Waals surface area contributed by atoms with Crippen molar-refractivity contribution in [3.8, 4) is 0 Å². The molecule has 0 aromatic heterocycles. The summed E-state index contributed by atoms with van der Waals surface area (Å²) >= 11 is 0. The van der Waals surface area contributed by atoms with Crippen LogP contribution in [0.3, 0.4) is 0 Å². The largest absolute Gasteiger partial charge is 0.481 e. The minimum Gasteiger partial charge on any atom is -0.481 e. The Bertz CT molecular complexity index is 526. The lowest BCUT2D eigenvalue weighted by Gasteiger charge is -2.17. The van der Waals surface area contributed by atoms with Crippen molar-refractivity contribution in [1.82, 2.24) is 0 Å². The number of carboxylic acids is 1. The van der Waals surface area contributed by atoms with Crippen molar-refractivity contribution in [2.75, 3.05) is 11.4 Å². The van der Waals surface area contributed by atoms with Gasteiger partial charge in [-0.05, 0) is 18.1 Å². The molecule has 4 nitrogen and oxygen atoms in total. The minimum atomic E-state index is -0.853. The van der Waals surface area contributed by atoms with E-state index in [9.17, 15) is 9.59 Å². The number of carbonyl (C=O) groups is 2. The van der Waals surface area contributed by atoms with Gasteiger partial charge in [-0.3, -0.25) is 9.59 Å². The number of para-hydroxylation sites is 1. The summed E-state index contributed by atoms with van der Waals surface area (Å²) in [6.07, 6.45) is 0.487. The fraction of sp³-hybridized carbons (Fsp3) is 0.429. The number of nitrogens with zero attached hydrogens (tertiary/aromatic N) is 1. The summed E-state index contributed by atoms with van der Waals surface area (Å²) < 4.78 is 0. The lowest BCUT2D eigenvalue weighted by atomic mass is 10.0. The van der Waals surface area contributed by atoms with E-state index in [1.54, 1.807) is 4.90 Å². The van der Waals surface area contributed by atoms with Gasteiger partial charge >= 0.3 is 5.97 Å². The average Bonchev–Trinajstić information content (AvgIpc) is 3.09. The summed E-state index contributed by atoms with van der Waals surface area (Å²) in [6.45, 7) is 2.76. The van der Waals surface area contributed by atoms with Gasteiger partial charge in [0.2, 0.25) is 5.91 Å². The highest BCUT2D eigenvalue weighted by atomic mass is 16.4. The van der Waals surface area contributed by atoms with Crippen molar-refractivity contribution in [2.24, 2.45) is 11.8 Å². The normalized spacial score (nSPS) is 28.9. The molecule has 1 amide bonds. The summed E-state index contributed by atoms with van der Waals surface area (Å²) in [7, 11) is 0.